The Morgan fingerprint density at radius 3 is 2.50 bits per heavy atom. The van der Waals surface area contributed by atoms with E-state index in [-0.39, 0.29) is 24.4 Å². The lowest BCUT2D eigenvalue weighted by Crippen LogP contribution is -2.37. The van der Waals surface area contributed by atoms with E-state index in [9.17, 15) is 14.7 Å². The molecule has 0 saturated carbocycles. The molecule has 0 aromatic heterocycles. The van der Waals surface area contributed by atoms with Gasteiger partial charge in [-0.3, -0.25) is 0 Å². The van der Waals surface area contributed by atoms with Crippen LogP contribution in [0.15, 0.2) is 18.2 Å². The van der Waals surface area contributed by atoms with Crippen molar-refractivity contribution in [3.05, 3.63) is 23.8 Å². The maximum absolute atomic E-state index is 11.9. The molecular weight excluding hydrogens is 264 g/mol. The van der Waals surface area contributed by atoms with Gasteiger partial charge in [0.05, 0.1) is 6.61 Å². The molecule has 0 bridgehead atoms. The van der Waals surface area contributed by atoms with Crippen LogP contribution in [0.3, 0.4) is 0 Å². The summed E-state index contributed by atoms with van der Waals surface area (Å²) in [5, 5.41) is 29.8. The van der Waals surface area contributed by atoms with E-state index < -0.39 is 17.7 Å². The molecule has 0 heterocycles. The largest absolute Gasteiger partial charge is 0.507 e. The van der Waals surface area contributed by atoms with E-state index in [1.165, 1.54) is 23.1 Å². The van der Waals surface area contributed by atoms with Crippen LogP contribution in [0.5, 0.6) is 5.75 Å². The molecular formula is C13H18N2O5. The van der Waals surface area contributed by atoms with Gasteiger partial charge in [-0.1, -0.05) is 6.92 Å². The molecule has 0 fully saturated rings. The Kier molecular flexibility index (Phi) is 5.79. The number of nitrogens with zero attached hydrogens (tertiary/aromatic N) is 1. The lowest BCUT2D eigenvalue weighted by atomic mass is 10.2. The first-order chi connectivity index (χ1) is 9.49. The number of carbonyl (C=O) groups is 2. The number of carboxylic acids is 1. The minimum atomic E-state index is -1.24. The van der Waals surface area contributed by atoms with Crippen molar-refractivity contribution in [1.82, 2.24) is 4.90 Å². The molecule has 7 nitrogen and oxygen atoms in total. The Labute approximate surface area is 116 Å². The lowest BCUT2D eigenvalue weighted by Gasteiger charge is -2.21. The van der Waals surface area contributed by atoms with E-state index >= 15 is 0 Å². The van der Waals surface area contributed by atoms with Crippen LogP contribution >= 0.6 is 0 Å². The van der Waals surface area contributed by atoms with Gasteiger partial charge >= 0.3 is 12.0 Å². The van der Waals surface area contributed by atoms with Crippen LogP contribution in [0.2, 0.25) is 0 Å². The number of hydrogen-bond donors (Lipinski definition) is 4. The zero-order valence-electron chi connectivity index (χ0n) is 11.2. The summed E-state index contributed by atoms with van der Waals surface area (Å²) in [6, 6.07) is 3.36. The molecule has 7 heteroatoms. The van der Waals surface area contributed by atoms with Crippen molar-refractivity contribution in [1.29, 1.82) is 0 Å². The van der Waals surface area contributed by atoms with E-state index in [2.05, 4.69) is 5.32 Å². The summed E-state index contributed by atoms with van der Waals surface area (Å²) >= 11 is 0. The summed E-state index contributed by atoms with van der Waals surface area (Å²) in [5.74, 6) is -1.66. The number of benzene rings is 1. The van der Waals surface area contributed by atoms with Gasteiger partial charge < -0.3 is 25.5 Å². The molecule has 0 spiro atoms. The van der Waals surface area contributed by atoms with Gasteiger partial charge in [0, 0.05) is 24.8 Å². The van der Waals surface area contributed by atoms with E-state index in [0.717, 1.165) is 6.42 Å². The zero-order valence-corrected chi connectivity index (χ0v) is 11.2. The van der Waals surface area contributed by atoms with Crippen molar-refractivity contribution in [3.63, 3.8) is 0 Å². The molecule has 0 aliphatic carbocycles. The fraction of sp³-hybridized carbons (Fsp3) is 0.385. The molecule has 1 aromatic rings. The second kappa shape index (κ2) is 7.34. The van der Waals surface area contributed by atoms with Crippen LogP contribution in [-0.4, -0.2) is 51.9 Å². The molecule has 20 heavy (non-hydrogen) atoms. The van der Waals surface area contributed by atoms with Crippen molar-refractivity contribution in [2.45, 2.75) is 13.3 Å². The van der Waals surface area contributed by atoms with Gasteiger partial charge in [-0.2, -0.15) is 0 Å². The zero-order chi connectivity index (χ0) is 15.1. The summed E-state index contributed by atoms with van der Waals surface area (Å²) in [4.78, 5) is 24.1. The molecule has 4 N–H and O–H groups in total. The highest BCUT2D eigenvalue weighted by molar-refractivity contribution is 5.93. The fourth-order valence-corrected chi connectivity index (χ4v) is 1.70. The highest BCUT2D eigenvalue weighted by Gasteiger charge is 2.14. The molecule has 0 atom stereocenters. The third kappa shape index (κ3) is 4.13. The number of rotatable bonds is 6. The number of phenols is 1. The second-order valence-electron chi connectivity index (χ2n) is 4.18. The second-order valence-corrected chi connectivity index (χ2v) is 4.18. The summed E-state index contributed by atoms with van der Waals surface area (Å²) in [6.45, 7) is 2.46. The highest BCUT2D eigenvalue weighted by atomic mass is 16.4. The number of nitrogens with one attached hydrogen (secondary N) is 1. The average Bonchev–Trinajstić information content (AvgIpc) is 2.38. The summed E-state index contributed by atoms with van der Waals surface area (Å²) in [7, 11) is 0. The number of carbonyl (C=O) groups excluding carboxylic acids is 1. The van der Waals surface area contributed by atoms with Gasteiger partial charge in [-0.15, -0.1) is 0 Å². The van der Waals surface area contributed by atoms with Gasteiger partial charge in [0.15, 0.2) is 0 Å². The molecule has 2 amide bonds. The Bertz CT molecular complexity index is 484. The van der Waals surface area contributed by atoms with Crippen LogP contribution in [0.1, 0.15) is 23.7 Å². The molecule has 0 unspecified atom stereocenters. The highest BCUT2D eigenvalue weighted by Crippen LogP contribution is 2.22. The van der Waals surface area contributed by atoms with Crippen molar-refractivity contribution in [2.75, 3.05) is 25.0 Å². The van der Waals surface area contributed by atoms with Gasteiger partial charge in [0.25, 0.3) is 0 Å². The number of anilines is 1. The maximum atomic E-state index is 11.9. The maximum Gasteiger partial charge on any atom is 0.339 e. The van der Waals surface area contributed by atoms with Crippen LogP contribution < -0.4 is 5.32 Å². The Hall–Kier alpha value is -2.28. The molecule has 0 radical (unpaired) electrons. The van der Waals surface area contributed by atoms with Gasteiger partial charge in [-0.05, 0) is 18.6 Å². The fourth-order valence-electron chi connectivity index (χ4n) is 1.70. The lowest BCUT2D eigenvalue weighted by molar-refractivity contribution is 0.0694. The minimum absolute atomic E-state index is 0.142. The van der Waals surface area contributed by atoms with Crippen LogP contribution in [0, 0.1) is 0 Å². The van der Waals surface area contributed by atoms with Crippen molar-refractivity contribution in [3.8, 4) is 5.75 Å². The van der Waals surface area contributed by atoms with Crippen LogP contribution in [0.4, 0.5) is 10.5 Å². The number of carboxylic acid groups (broad SMARTS) is 1. The normalized spacial score (nSPS) is 10.1. The molecule has 1 rings (SSSR count). The number of hydrogen-bond acceptors (Lipinski definition) is 4. The average molecular weight is 282 g/mol. The Morgan fingerprint density at radius 1 is 1.30 bits per heavy atom. The van der Waals surface area contributed by atoms with E-state index in [0.29, 0.717) is 6.54 Å². The predicted molar refractivity (Wildman–Crippen MR) is 73.0 cm³/mol. The standard InChI is InChI=1S/C13H18N2O5/c1-2-5-15(6-7-16)13(20)14-9-3-4-10(12(18)19)11(17)8-9/h3-4,8,16-17H,2,5-7H2,1H3,(H,14,20)(H,18,19). The van der Waals surface area contributed by atoms with Gasteiger partial charge in [0.2, 0.25) is 0 Å². The molecule has 1 aromatic carbocycles. The summed E-state index contributed by atoms with van der Waals surface area (Å²) in [5.41, 5.74) is 0.0558. The third-order valence-electron chi connectivity index (χ3n) is 2.63. The topological polar surface area (TPSA) is 110 Å². The van der Waals surface area contributed by atoms with E-state index in [1.807, 2.05) is 6.92 Å². The summed E-state index contributed by atoms with van der Waals surface area (Å²) in [6.07, 6.45) is 0.747. The first-order valence-electron chi connectivity index (χ1n) is 6.22. The first kappa shape index (κ1) is 15.8. The smallest absolute Gasteiger partial charge is 0.339 e. The van der Waals surface area contributed by atoms with E-state index in [4.69, 9.17) is 10.2 Å². The number of aromatic carboxylic acids is 1. The molecule has 0 aliphatic heterocycles. The van der Waals surface area contributed by atoms with Gasteiger partial charge in [-0.25, -0.2) is 9.59 Å². The number of aromatic hydroxyl groups is 1. The monoisotopic (exact) mass is 282 g/mol. The summed E-state index contributed by atoms with van der Waals surface area (Å²) < 4.78 is 0. The minimum Gasteiger partial charge on any atom is -0.507 e. The first-order valence-corrected chi connectivity index (χ1v) is 6.22. The number of aliphatic hydroxyl groups excluding tert-OH is 1. The predicted octanol–water partition coefficient (Wildman–Crippen LogP) is 1.33. The molecule has 0 aliphatic rings. The van der Waals surface area contributed by atoms with Crippen molar-refractivity contribution < 1.29 is 24.9 Å². The number of urea groups is 1. The SMILES string of the molecule is CCCN(CCO)C(=O)Nc1ccc(C(=O)O)c(O)c1. The molecule has 110 valence electrons. The van der Waals surface area contributed by atoms with Crippen LogP contribution in [0.25, 0.3) is 0 Å². The number of amides is 2. The quantitative estimate of drug-likeness (QED) is 0.629. The van der Waals surface area contributed by atoms with Gasteiger partial charge in [0.1, 0.15) is 11.3 Å². The van der Waals surface area contributed by atoms with Crippen LogP contribution in [-0.2, 0) is 0 Å². The Balaban J connectivity index is 2.79. The third-order valence-corrected chi connectivity index (χ3v) is 2.63. The van der Waals surface area contributed by atoms with Crippen molar-refractivity contribution in [2.24, 2.45) is 0 Å². The van der Waals surface area contributed by atoms with Crippen molar-refractivity contribution >= 4 is 17.7 Å². The number of aliphatic hydroxyl groups is 1. The molecule has 0 saturated heterocycles. The Morgan fingerprint density at radius 2 is 2.00 bits per heavy atom. The van der Waals surface area contributed by atoms with E-state index in [1.54, 1.807) is 0 Å².